The molecule has 0 unspecified atom stereocenters. The van der Waals surface area contributed by atoms with Gasteiger partial charge in [-0.05, 0) is 42.3 Å². The standard InChI is InChI=1S/C17H16BrFN2O2/c1-11-5-6-12(7-15(11)19)9-20-16(22)10-21-17(23)13-3-2-4-14(18)8-13/h2-8H,9-10H2,1H3,(H,20,22)(H,21,23). The van der Waals surface area contributed by atoms with Crippen molar-refractivity contribution in [3.05, 3.63) is 69.4 Å². The van der Waals surface area contributed by atoms with Gasteiger partial charge in [0.2, 0.25) is 5.91 Å². The molecule has 0 aliphatic heterocycles. The van der Waals surface area contributed by atoms with Crippen molar-refractivity contribution in [1.82, 2.24) is 10.6 Å². The highest BCUT2D eigenvalue weighted by atomic mass is 79.9. The number of carbonyl (C=O) groups excluding carboxylic acids is 2. The summed E-state index contributed by atoms with van der Waals surface area (Å²) in [4.78, 5) is 23.6. The second-order valence-electron chi connectivity index (χ2n) is 5.05. The molecule has 2 aromatic carbocycles. The van der Waals surface area contributed by atoms with Gasteiger partial charge in [0.15, 0.2) is 0 Å². The maximum absolute atomic E-state index is 13.4. The normalized spacial score (nSPS) is 10.2. The van der Waals surface area contributed by atoms with Crippen LogP contribution >= 0.6 is 15.9 Å². The molecule has 2 N–H and O–H groups in total. The van der Waals surface area contributed by atoms with E-state index in [0.29, 0.717) is 16.7 Å². The molecule has 2 aromatic rings. The van der Waals surface area contributed by atoms with Crippen LogP contribution in [-0.2, 0) is 11.3 Å². The van der Waals surface area contributed by atoms with E-state index in [1.165, 1.54) is 6.07 Å². The van der Waals surface area contributed by atoms with Gasteiger partial charge in [-0.2, -0.15) is 0 Å². The summed E-state index contributed by atoms with van der Waals surface area (Å²) in [6.07, 6.45) is 0. The highest BCUT2D eigenvalue weighted by molar-refractivity contribution is 9.10. The third kappa shape index (κ3) is 5.17. The summed E-state index contributed by atoms with van der Waals surface area (Å²) in [6.45, 7) is 1.75. The average molecular weight is 379 g/mol. The molecule has 0 aliphatic rings. The zero-order chi connectivity index (χ0) is 16.8. The van der Waals surface area contributed by atoms with Crippen molar-refractivity contribution >= 4 is 27.7 Å². The number of amides is 2. The average Bonchev–Trinajstić information content (AvgIpc) is 2.53. The predicted octanol–water partition coefficient (Wildman–Crippen LogP) is 2.94. The molecule has 0 bridgehead atoms. The van der Waals surface area contributed by atoms with Crippen molar-refractivity contribution in [2.75, 3.05) is 6.54 Å². The Morgan fingerprint density at radius 3 is 2.61 bits per heavy atom. The largest absolute Gasteiger partial charge is 0.350 e. The van der Waals surface area contributed by atoms with Crippen LogP contribution in [0, 0.1) is 12.7 Å². The molecular formula is C17H16BrFN2O2. The van der Waals surface area contributed by atoms with E-state index in [-0.39, 0.29) is 30.7 Å². The summed E-state index contributed by atoms with van der Waals surface area (Å²) in [5.74, 6) is -0.975. The second-order valence-corrected chi connectivity index (χ2v) is 5.97. The smallest absolute Gasteiger partial charge is 0.251 e. The lowest BCUT2D eigenvalue weighted by Crippen LogP contribution is -2.36. The van der Waals surface area contributed by atoms with Crippen molar-refractivity contribution in [2.24, 2.45) is 0 Å². The number of aryl methyl sites for hydroxylation is 1. The maximum Gasteiger partial charge on any atom is 0.251 e. The van der Waals surface area contributed by atoms with E-state index in [4.69, 9.17) is 0 Å². The van der Waals surface area contributed by atoms with Crippen molar-refractivity contribution in [1.29, 1.82) is 0 Å². The van der Waals surface area contributed by atoms with E-state index in [0.717, 1.165) is 4.47 Å². The number of carbonyl (C=O) groups is 2. The Bertz CT molecular complexity index is 734. The van der Waals surface area contributed by atoms with Crippen LogP contribution in [0.15, 0.2) is 46.9 Å². The monoisotopic (exact) mass is 378 g/mol. The van der Waals surface area contributed by atoms with Gasteiger partial charge < -0.3 is 10.6 Å². The van der Waals surface area contributed by atoms with Crippen molar-refractivity contribution < 1.29 is 14.0 Å². The van der Waals surface area contributed by atoms with Gasteiger partial charge in [0.05, 0.1) is 6.54 Å². The van der Waals surface area contributed by atoms with Gasteiger partial charge in [-0.1, -0.05) is 34.1 Å². The number of nitrogens with one attached hydrogen (secondary N) is 2. The molecule has 0 aliphatic carbocycles. The quantitative estimate of drug-likeness (QED) is 0.840. The van der Waals surface area contributed by atoms with Crippen LogP contribution in [0.2, 0.25) is 0 Å². The molecule has 23 heavy (non-hydrogen) atoms. The molecule has 4 nitrogen and oxygen atoms in total. The molecule has 2 rings (SSSR count). The Hall–Kier alpha value is -2.21. The molecule has 0 saturated heterocycles. The summed E-state index contributed by atoms with van der Waals surface area (Å²) in [6, 6.07) is 11.7. The minimum absolute atomic E-state index is 0.139. The van der Waals surface area contributed by atoms with Gasteiger partial charge in [-0.3, -0.25) is 9.59 Å². The van der Waals surface area contributed by atoms with Gasteiger partial charge in [0.1, 0.15) is 5.82 Å². The minimum atomic E-state index is -0.339. The summed E-state index contributed by atoms with van der Waals surface area (Å²) in [7, 11) is 0. The Kier molecular flexibility index (Phi) is 5.87. The molecule has 2 amide bonds. The molecule has 0 saturated carbocycles. The molecule has 0 aromatic heterocycles. The molecule has 120 valence electrons. The molecule has 6 heteroatoms. The highest BCUT2D eigenvalue weighted by Crippen LogP contribution is 2.11. The Balaban J connectivity index is 1.81. The first-order chi connectivity index (χ1) is 11.0. The third-order valence-electron chi connectivity index (χ3n) is 3.22. The van der Waals surface area contributed by atoms with Gasteiger partial charge in [0, 0.05) is 16.6 Å². The molecule has 0 heterocycles. The van der Waals surface area contributed by atoms with Crippen molar-refractivity contribution in [3.63, 3.8) is 0 Å². The Morgan fingerprint density at radius 1 is 1.13 bits per heavy atom. The van der Waals surface area contributed by atoms with Crippen LogP contribution < -0.4 is 10.6 Å². The SMILES string of the molecule is Cc1ccc(CNC(=O)CNC(=O)c2cccc(Br)c2)cc1F. The number of hydrogen-bond acceptors (Lipinski definition) is 2. The van der Waals surface area contributed by atoms with E-state index in [1.807, 2.05) is 6.07 Å². The second kappa shape index (κ2) is 7.87. The van der Waals surface area contributed by atoms with E-state index in [9.17, 15) is 14.0 Å². The maximum atomic E-state index is 13.4. The zero-order valence-corrected chi connectivity index (χ0v) is 14.1. The minimum Gasteiger partial charge on any atom is -0.350 e. The topological polar surface area (TPSA) is 58.2 Å². The van der Waals surface area contributed by atoms with E-state index >= 15 is 0 Å². The highest BCUT2D eigenvalue weighted by Gasteiger charge is 2.08. The van der Waals surface area contributed by atoms with E-state index in [2.05, 4.69) is 26.6 Å². The fourth-order valence-corrected chi connectivity index (χ4v) is 2.30. The molecule has 0 radical (unpaired) electrons. The molecule has 0 atom stereocenters. The fourth-order valence-electron chi connectivity index (χ4n) is 1.90. The number of rotatable bonds is 5. The number of benzene rings is 2. The molecule has 0 spiro atoms. The lowest BCUT2D eigenvalue weighted by Gasteiger charge is -2.08. The number of halogens is 2. The summed E-state index contributed by atoms with van der Waals surface area (Å²) >= 11 is 3.28. The van der Waals surface area contributed by atoms with Gasteiger partial charge >= 0.3 is 0 Å². The van der Waals surface area contributed by atoms with E-state index < -0.39 is 0 Å². The van der Waals surface area contributed by atoms with Crippen LogP contribution in [0.1, 0.15) is 21.5 Å². The molecule has 0 fully saturated rings. The Labute approximate surface area is 142 Å². The summed E-state index contributed by atoms with van der Waals surface area (Å²) in [5, 5.41) is 5.17. The number of hydrogen-bond donors (Lipinski definition) is 2. The van der Waals surface area contributed by atoms with Crippen LogP contribution in [0.5, 0.6) is 0 Å². The van der Waals surface area contributed by atoms with Crippen LogP contribution in [0.4, 0.5) is 4.39 Å². The van der Waals surface area contributed by atoms with Crippen LogP contribution in [-0.4, -0.2) is 18.4 Å². The first kappa shape index (κ1) is 17.1. The fraction of sp³-hybridized carbons (Fsp3) is 0.176. The lowest BCUT2D eigenvalue weighted by atomic mass is 10.1. The van der Waals surface area contributed by atoms with Gasteiger partial charge in [-0.15, -0.1) is 0 Å². The zero-order valence-electron chi connectivity index (χ0n) is 12.5. The van der Waals surface area contributed by atoms with Crippen molar-refractivity contribution in [2.45, 2.75) is 13.5 Å². The predicted molar refractivity (Wildman–Crippen MR) is 89.5 cm³/mol. The third-order valence-corrected chi connectivity index (χ3v) is 3.72. The summed E-state index contributed by atoms with van der Waals surface area (Å²) in [5.41, 5.74) is 1.69. The van der Waals surface area contributed by atoms with Gasteiger partial charge in [-0.25, -0.2) is 4.39 Å². The van der Waals surface area contributed by atoms with Crippen LogP contribution in [0.3, 0.4) is 0 Å². The first-order valence-electron chi connectivity index (χ1n) is 7.01. The lowest BCUT2D eigenvalue weighted by molar-refractivity contribution is -0.120. The molecular weight excluding hydrogens is 363 g/mol. The van der Waals surface area contributed by atoms with E-state index in [1.54, 1.807) is 37.3 Å². The summed E-state index contributed by atoms with van der Waals surface area (Å²) < 4.78 is 14.2. The van der Waals surface area contributed by atoms with Crippen molar-refractivity contribution in [3.8, 4) is 0 Å². The van der Waals surface area contributed by atoms with Gasteiger partial charge in [0.25, 0.3) is 5.91 Å². The van der Waals surface area contributed by atoms with Crippen LogP contribution in [0.25, 0.3) is 0 Å². The first-order valence-corrected chi connectivity index (χ1v) is 7.80. The Morgan fingerprint density at radius 2 is 1.91 bits per heavy atom.